The van der Waals surface area contributed by atoms with E-state index in [4.69, 9.17) is 0 Å². The molecule has 1 aromatic heterocycles. The summed E-state index contributed by atoms with van der Waals surface area (Å²) in [5.41, 5.74) is 1.25. The van der Waals surface area contributed by atoms with Crippen molar-refractivity contribution < 1.29 is 14.7 Å². The molecule has 0 aromatic carbocycles. The first-order valence-electron chi connectivity index (χ1n) is 9.10. The number of piperazine rings is 1. The quantitative estimate of drug-likeness (QED) is 0.836. The summed E-state index contributed by atoms with van der Waals surface area (Å²) >= 11 is 1.45. The number of fused-ring (bicyclic) bond motifs is 1. The van der Waals surface area contributed by atoms with Crippen LogP contribution in [0.1, 0.15) is 41.1 Å². The highest BCUT2D eigenvalue weighted by molar-refractivity contribution is 7.17. The number of carboxylic acid groups (broad SMARTS) is 1. The Hall–Kier alpha value is -1.44. The molecule has 2 N–H and O–H groups in total. The Labute approximate surface area is 152 Å². The van der Waals surface area contributed by atoms with Crippen LogP contribution in [-0.4, -0.2) is 66.1 Å². The maximum absolute atomic E-state index is 12.4. The summed E-state index contributed by atoms with van der Waals surface area (Å²) in [6.45, 7) is 9.44. The highest BCUT2D eigenvalue weighted by atomic mass is 32.1. The molecule has 1 aliphatic heterocycles. The second kappa shape index (κ2) is 7.85. The summed E-state index contributed by atoms with van der Waals surface area (Å²) < 4.78 is 0. The van der Waals surface area contributed by atoms with Crippen LogP contribution in [0, 0.1) is 5.92 Å². The van der Waals surface area contributed by atoms with Crippen molar-refractivity contribution in [3.63, 3.8) is 0 Å². The van der Waals surface area contributed by atoms with E-state index in [0.29, 0.717) is 23.0 Å². The van der Waals surface area contributed by atoms with Crippen molar-refractivity contribution in [2.75, 3.05) is 44.6 Å². The minimum Gasteiger partial charge on any atom is -0.478 e. The van der Waals surface area contributed by atoms with Gasteiger partial charge in [-0.25, -0.2) is 4.79 Å². The first kappa shape index (κ1) is 18.4. The normalized spacial score (nSPS) is 21.8. The third-order valence-electron chi connectivity index (χ3n) is 5.26. The number of aromatic carboxylic acids is 1. The fourth-order valence-corrected chi connectivity index (χ4v) is 5.12. The summed E-state index contributed by atoms with van der Waals surface area (Å²) in [6, 6.07) is 0. The van der Waals surface area contributed by atoms with E-state index in [9.17, 15) is 14.7 Å². The first-order chi connectivity index (χ1) is 12.0. The Morgan fingerprint density at radius 2 is 1.92 bits per heavy atom. The standard InChI is InChI=1S/C18H27N3O3S/c1-3-20-6-8-21(9-7-20)11-15(22)19-17-16(18(23)24)13-5-4-12(2)10-14(13)25-17/h12H,3-11H2,1-2H3,(H,19,22)(H,23,24). The molecule has 6 nitrogen and oxygen atoms in total. The van der Waals surface area contributed by atoms with Gasteiger partial charge in [0.15, 0.2) is 0 Å². The first-order valence-corrected chi connectivity index (χ1v) is 9.92. The molecule has 2 heterocycles. The van der Waals surface area contributed by atoms with Gasteiger partial charge in [-0.2, -0.15) is 0 Å². The van der Waals surface area contributed by atoms with Gasteiger partial charge in [0.1, 0.15) is 5.00 Å². The van der Waals surface area contributed by atoms with Gasteiger partial charge in [0.05, 0.1) is 12.1 Å². The molecule has 1 saturated heterocycles. The summed E-state index contributed by atoms with van der Waals surface area (Å²) in [7, 11) is 0. The zero-order valence-electron chi connectivity index (χ0n) is 15.0. The molecule has 2 aliphatic rings. The molecule has 0 radical (unpaired) electrons. The molecule has 0 saturated carbocycles. The van der Waals surface area contributed by atoms with Gasteiger partial charge in [0.25, 0.3) is 0 Å². The number of thiophene rings is 1. The van der Waals surface area contributed by atoms with Crippen LogP contribution in [-0.2, 0) is 17.6 Å². The third kappa shape index (κ3) is 4.22. The number of nitrogens with one attached hydrogen (secondary N) is 1. The molecule has 3 rings (SSSR count). The zero-order chi connectivity index (χ0) is 18.0. The number of anilines is 1. The lowest BCUT2D eigenvalue weighted by Crippen LogP contribution is -2.48. The number of hydrogen-bond donors (Lipinski definition) is 2. The molecule has 138 valence electrons. The number of carboxylic acids is 1. The zero-order valence-corrected chi connectivity index (χ0v) is 15.8. The molecule has 1 unspecified atom stereocenters. The average Bonchev–Trinajstić information content (AvgIpc) is 2.92. The number of nitrogens with zero attached hydrogens (tertiary/aromatic N) is 2. The molecule has 1 aromatic rings. The second-order valence-corrected chi connectivity index (χ2v) is 8.22. The van der Waals surface area contributed by atoms with E-state index < -0.39 is 5.97 Å². The predicted molar refractivity (Wildman–Crippen MR) is 99.7 cm³/mol. The Morgan fingerprint density at radius 3 is 2.56 bits per heavy atom. The maximum Gasteiger partial charge on any atom is 0.339 e. The van der Waals surface area contributed by atoms with Gasteiger partial charge >= 0.3 is 5.97 Å². The van der Waals surface area contributed by atoms with Crippen molar-refractivity contribution >= 4 is 28.2 Å². The van der Waals surface area contributed by atoms with Crippen molar-refractivity contribution in [1.29, 1.82) is 0 Å². The number of carbonyl (C=O) groups excluding carboxylic acids is 1. The lowest BCUT2D eigenvalue weighted by Gasteiger charge is -2.33. The molecular weight excluding hydrogens is 338 g/mol. The fraction of sp³-hybridized carbons (Fsp3) is 0.667. The number of carbonyl (C=O) groups is 2. The molecule has 0 spiro atoms. The van der Waals surface area contributed by atoms with Crippen LogP contribution in [0.4, 0.5) is 5.00 Å². The highest BCUT2D eigenvalue weighted by Crippen LogP contribution is 2.39. The van der Waals surface area contributed by atoms with Crippen molar-refractivity contribution in [3.05, 3.63) is 16.0 Å². The van der Waals surface area contributed by atoms with Crippen LogP contribution < -0.4 is 5.32 Å². The van der Waals surface area contributed by atoms with Crippen LogP contribution in [0.2, 0.25) is 0 Å². The minimum absolute atomic E-state index is 0.112. The van der Waals surface area contributed by atoms with Crippen LogP contribution >= 0.6 is 11.3 Å². The van der Waals surface area contributed by atoms with E-state index in [0.717, 1.165) is 62.4 Å². The lowest BCUT2D eigenvalue weighted by atomic mass is 9.88. The van der Waals surface area contributed by atoms with E-state index in [2.05, 4.69) is 29.0 Å². The van der Waals surface area contributed by atoms with Gasteiger partial charge in [-0.3, -0.25) is 9.69 Å². The molecule has 1 aliphatic carbocycles. The van der Waals surface area contributed by atoms with Crippen LogP contribution in [0.15, 0.2) is 0 Å². The van der Waals surface area contributed by atoms with E-state index in [1.165, 1.54) is 11.3 Å². The summed E-state index contributed by atoms with van der Waals surface area (Å²) in [5.74, 6) is -0.468. The Kier molecular flexibility index (Phi) is 5.76. The van der Waals surface area contributed by atoms with E-state index >= 15 is 0 Å². The number of likely N-dealkylation sites (N-methyl/N-ethyl adjacent to an activating group) is 1. The number of rotatable bonds is 5. The minimum atomic E-state index is -0.932. The largest absolute Gasteiger partial charge is 0.478 e. The van der Waals surface area contributed by atoms with Crippen LogP contribution in [0.25, 0.3) is 0 Å². The Bertz CT molecular complexity index is 650. The summed E-state index contributed by atoms with van der Waals surface area (Å²) in [6.07, 6.45) is 2.72. The molecule has 7 heteroatoms. The van der Waals surface area contributed by atoms with Crippen LogP contribution in [0.3, 0.4) is 0 Å². The van der Waals surface area contributed by atoms with Gasteiger partial charge in [-0.15, -0.1) is 11.3 Å². The van der Waals surface area contributed by atoms with Gasteiger partial charge in [0.2, 0.25) is 5.91 Å². The van der Waals surface area contributed by atoms with Crippen molar-refractivity contribution in [3.8, 4) is 0 Å². The fourth-order valence-electron chi connectivity index (χ4n) is 3.70. The molecule has 25 heavy (non-hydrogen) atoms. The molecular formula is C18H27N3O3S. The van der Waals surface area contributed by atoms with E-state index in [1.807, 2.05) is 0 Å². The lowest BCUT2D eigenvalue weighted by molar-refractivity contribution is -0.117. The second-order valence-electron chi connectivity index (χ2n) is 7.12. The Balaban J connectivity index is 1.66. The monoisotopic (exact) mass is 365 g/mol. The van der Waals surface area contributed by atoms with Gasteiger partial charge in [0, 0.05) is 31.1 Å². The molecule has 1 amide bonds. The number of hydrogen-bond acceptors (Lipinski definition) is 5. The average molecular weight is 365 g/mol. The smallest absolute Gasteiger partial charge is 0.339 e. The SMILES string of the molecule is CCN1CCN(CC(=O)Nc2sc3c(c2C(=O)O)CCC(C)C3)CC1. The predicted octanol–water partition coefficient (Wildman–Crippen LogP) is 2.15. The molecule has 0 bridgehead atoms. The van der Waals surface area contributed by atoms with Crippen molar-refractivity contribution in [2.24, 2.45) is 5.92 Å². The van der Waals surface area contributed by atoms with Crippen LogP contribution in [0.5, 0.6) is 0 Å². The summed E-state index contributed by atoms with van der Waals surface area (Å²) in [4.78, 5) is 29.8. The molecule has 1 fully saturated rings. The van der Waals surface area contributed by atoms with Crippen molar-refractivity contribution in [1.82, 2.24) is 9.80 Å². The van der Waals surface area contributed by atoms with E-state index in [-0.39, 0.29) is 5.91 Å². The van der Waals surface area contributed by atoms with Crippen molar-refractivity contribution in [2.45, 2.75) is 33.1 Å². The van der Waals surface area contributed by atoms with Gasteiger partial charge in [-0.05, 0) is 37.3 Å². The maximum atomic E-state index is 12.4. The van der Waals surface area contributed by atoms with E-state index in [1.54, 1.807) is 0 Å². The summed E-state index contributed by atoms with van der Waals surface area (Å²) in [5, 5.41) is 13.0. The highest BCUT2D eigenvalue weighted by Gasteiger charge is 2.28. The van der Waals surface area contributed by atoms with Gasteiger partial charge < -0.3 is 15.3 Å². The van der Waals surface area contributed by atoms with Gasteiger partial charge in [-0.1, -0.05) is 13.8 Å². The molecule has 1 atom stereocenters. The topological polar surface area (TPSA) is 72.9 Å². The third-order valence-corrected chi connectivity index (χ3v) is 6.43. The number of amides is 1. The Morgan fingerprint density at radius 1 is 1.24 bits per heavy atom.